The smallest absolute Gasteiger partial charge is 0.0831 e. The van der Waals surface area contributed by atoms with Gasteiger partial charge in [-0.25, -0.2) is 0 Å². The van der Waals surface area contributed by atoms with Gasteiger partial charge in [0.15, 0.2) is 0 Å². The number of nitrogens with zero attached hydrogens (tertiary/aromatic N) is 3. The molecule has 5 rings (SSSR count). The van der Waals surface area contributed by atoms with Crippen LogP contribution in [0, 0.1) is 0 Å². The van der Waals surface area contributed by atoms with Crippen LogP contribution in [0.2, 0.25) is 0 Å². The average molecular weight is 559 g/mol. The summed E-state index contributed by atoms with van der Waals surface area (Å²) >= 11 is 7.02. The molecule has 5 heteroatoms. The molecular formula is C28H21Br2N3. The number of hydrogen-bond donors (Lipinski definition) is 0. The Morgan fingerprint density at radius 1 is 0.788 bits per heavy atom. The maximum Gasteiger partial charge on any atom is 0.0831 e. The molecule has 1 heterocycles. The predicted octanol–water partition coefficient (Wildman–Crippen LogP) is 8.32. The van der Waals surface area contributed by atoms with Crippen molar-refractivity contribution in [2.24, 2.45) is 10.1 Å². The van der Waals surface area contributed by atoms with E-state index in [1.165, 1.54) is 5.56 Å². The number of halogens is 2. The highest BCUT2D eigenvalue weighted by Crippen LogP contribution is 2.37. The first-order valence-electron chi connectivity index (χ1n) is 10.7. The summed E-state index contributed by atoms with van der Waals surface area (Å²) in [6.07, 6.45) is 2.72. The third kappa shape index (κ3) is 5.15. The van der Waals surface area contributed by atoms with Crippen LogP contribution in [0.1, 0.15) is 29.2 Å². The number of hydrazone groups is 1. The maximum atomic E-state index is 5.06. The second-order valence-corrected chi connectivity index (χ2v) is 9.69. The third-order valence-corrected chi connectivity index (χ3v) is 6.66. The van der Waals surface area contributed by atoms with Crippen molar-refractivity contribution in [3.05, 3.63) is 129 Å². The number of hydrogen-bond acceptors (Lipinski definition) is 3. The summed E-state index contributed by atoms with van der Waals surface area (Å²) < 4.78 is 2.14. The van der Waals surface area contributed by atoms with Gasteiger partial charge in [-0.15, -0.1) is 0 Å². The summed E-state index contributed by atoms with van der Waals surface area (Å²) in [5, 5.41) is 7.19. The van der Waals surface area contributed by atoms with Gasteiger partial charge in [0, 0.05) is 21.6 Å². The van der Waals surface area contributed by atoms with E-state index in [2.05, 4.69) is 103 Å². The fraction of sp³-hybridized carbons (Fsp3) is 0.0714. The summed E-state index contributed by atoms with van der Waals surface area (Å²) in [4.78, 5) is 4.69. The van der Waals surface area contributed by atoms with Crippen LogP contribution in [0.15, 0.2) is 122 Å². The zero-order chi connectivity index (χ0) is 22.6. The highest BCUT2D eigenvalue weighted by atomic mass is 79.9. The van der Waals surface area contributed by atoms with Gasteiger partial charge in [-0.3, -0.25) is 10.0 Å². The number of aliphatic imine (C=N–C) groups is 1. The SMILES string of the molecule is Brc1ccc(C=Nc2cccc(C3=NN(c4ccccc4)C(c4ccc(Br)cc4)C3)c2)cc1. The van der Waals surface area contributed by atoms with Gasteiger partial charge >= 0.3 is 0 Å². The van der Waals surface area contributed by atoms with Crippen molar-refractivity contribution >= 4 is 55.2 Å². The molecule has 0 N–H and O–H groups in total. The normalized spacial score (nSPS) is 15.8. The van der Waals surface area contributed by atoms with Crippen molar-refractivity contribution in [2.45, 2.75) is 12.5 Å². The molecule has 0 fully saturated rings. The molecule has 3 nitrogen and oxygen atoms in total. The molecule has 1 unspecified atom stereocenters. The molecule has 4 aromatic carbocycles. The quantitative estimate of drug-likeness (QED) is 0.226. The molecule has 162 valence electrons. The van der Waals surface area contributed by atoms with Crippen LogP contribution in [-0.4, -0.2) is 11.9 Å². The van der Waals surface area contributed by atoms with Gasteiger partial charge in [0.2, 0.25) is 0 Å². The molecule has 33 heavy (non-hydrogen) atoms. The Hall–Kier alpha value is -3.02. The minimum absolute atomic E-state index is 0.144. The summed E-state index contributed by atoms with van der Waals surface area (Å²) in [5.74, 6) is 0. The van der Waals surface area contributed by atoms with Crippen LogP contribution in [0.3, 0.4) is 0 Å². The molecule has 0 saturated carbocycles. The van der Waals surface area contributed by atoms with Gasteiger partial charge in [0.1, 0.15) is 0 Å². The molecule has 0 aliphatic carbocycles. The van der Waals surface area contributed by atoms with E-state index in [0.29, 0.717) is 0 Å². The minimum atomic E-state index is 0.144. The monoisotopic (exact) mass is 557 g/mol. The molecule has 0 bridgehead atoms. The van der Waals surface area contributed by atoms with Crippen molar-refractivity contribution in [2.75, 3.05) is 5.01 Å². The molecular weight excluding hydrogens is 538 g/mol. The Labute approximate surface area is 210 Å². The molecule has 1 aliphatic rings. The molecule has 0 amide bonds. The Bertz CT molecular complexity index is 1300. The van der Waals surface area contributed by atoms with Crippen molar-refractivity contribution in [3.8, 4) is 0 Å². The minimum Gasteiger partial charge on any atom is -0.257 e. The fourth-order valence-electron chi connectivity index (χ4n) is 3.91. The molecule has 0 saturated heterocycles. The van der Waals surface area contributed by atoms with Crippen molar-refractivity contribution < 1.29 is 0 Å². The second-order valence-electron chi connectivity index (χ2n) is 7.86. The van der Waals surface area contributed by atoms with Crippen LogP contribution in [0.25, 0.3) is 0 Å². The van der Waals surface area contributed by atoms with Gasteiger partial charge in [0.25, 0.3) is 0 Å². The lowest BCUT2D eigenvalue weighted by molar-refractivity contribution is 0.709. The molecule has 0 spiro atoms. The highest BCUT2D eigenvalue weighted by Gasteiger charge is 2.29. The van der Waals surface area contributed by atoms with Crippen molar-refractivity contribution in [1.82, 2.24) is 0 Å². The summed E-state index contributed by atoms with van der Waals surface area (Å²) in [6, 6.07) is 35.4. The first-order chi connectivity index (χ1) is 16.2. The van der Waals surface area contributed by atoms with Crippen molar-refractivity contribution in [3.63, 3.8) is 0 Å². The van der Waals surface area contributed by atoms with Crippen LogP contribution in [0.4, 0.5) is 11.4 Å². The lowest BCUT2D eigenvalue weighted by atomic mass is 9.98. The number of rotatable bonds is 5. The fourth-order valence-corrected chi connectivity index (χ4v) is 4.44. The molecule has 1 atom stereocenters. The van der Waals surface area contributed by atoms with E-state index >= 15 is 0 Å². The largest absolute Gasteiger partial charge is 0.257 e. The van der Waals surface area contributed by atoms with Crippen LogP contribution in [0.5, 0.6) is 0 Å². The Morgan fingerprint density at radius 2 is 1.48 bits per heavy atom. The van der Waals surface area contributed by atoms with E-state index in [1.54, 1.807) is 0 Å². The van der Waals surface area contributed by atoms with E-state index in [4.69, 9.17) is 5.10 Å². The van der Waals surface area contributed by atoms with Gasteiger partial charge in [-0.1, -0.05) is 86.5 Å². The Morgan fingerprint density at radius 3 is 2.21 bits per heavy atom. The molecule has 0 aromatic heterocycles. The lowest BCUT2D eigenvalue weighted by Crippen LogP contribution is -2.18. The number of anilines is 1. The molecule has 4 aromatic rings. The Balaban J connectivity index is 1.45. The van der Waals surface area contributed by atoms with E-state index in [-0.39, 0.29) is 6.04 Å². The van der Waals surface area contributed by atoms with E-state index in [1.807, 2.05) is 48.7 Å². The van der Waals surface area contributed by atoms with Crippen LogP contribution < -0.4 is 5.01 Å². The van der Waals surface area contributed by atoms with Crippen LogP contribution >= 0.6 is 31.9 Å². The Kier molecular flexibility index (Phi) is 6.51. The number of benzene rings is 4. The molecule has 0 radical (unpaired) electrons. The van der Waals surface area contributed by atoms with E-state index in [0.717, 1.165) is 43.6 Å². The topological polar surface area (TPSA) is 28.0 Å². The standard InChI is InChI=1S/C28H21Br2N3/c29-23-13-9-20(10-14-23)19-31-25-6-4-5-22(17-25)27-18-28(21-11-15-24(30)16-12-21)33(32-27)26-7-2-1-3-8-26/h1-17,19,28H,18H2. The second kappa shape index (κ2) is 9.86. The average Bonchev–Trinajstić information content (AvgIpc) is 3.31. The van der Waals surface area contributed by atoms with Gasteiger partial charge in [0.05, 0.1) is 23.1 Å². The highest BCUT2D eigenvalue weighted by molar-refractivity contribution is 9.10. The zero-order valence-electron chi connectivity index (χ0n) is 17.8. The zero-order valence-corrected chi connectivity index (χ0v) is 20.9. The van der Waals surface area contributed by atoms with E-state index < -0.39 is 0 Å². The van der Waals surface area contributed by atoms with Gasteiger partial charge in [-0.05, 0) is 65.2 Å². The summed E-state index contributed by atoms with van der Waals surface area (Å²) in [6.45, 7) is 0. The first-order valence-corrected chi connectivity index (χ1v) is 12.3. The summed E-state index contributed by atoms with van der Waals surface area (Å²) in [5.41, 5.74) is 6.47. The lowest BCUT2D eigenvalue weighted by Gasteiger charge is -2.24. The predicted molar refractivity (Wildman–Crippen MR) is 145 cm³/mol. The van der Waals surface area contributed by atoms with E-state index in [9.17, 15) is 0 Å². The van der Waals surface area contributed by atoms with Crippen LogP contribution in [-0.2, 0) is 0 Å². The third-order valence-electron chi connectivity index (χ3n) is 5.60. The summed E-state index contributed by atoms with van der Waals surface area (Å²) in [7, 11) is 0. The van der Waals surface area contributed by atoms with Crippen molar-refractivity contribution in [1.29, 1.82) is 0 Å². The first kappa shape index (κ1) is 21.8. The van der Waals surface area contributed by atoms with Gasteiger partial charge < -0.3 is 0 Å². The molecule has 1 aliphatic heterocycles. The number of para-hydroxylation sites is 1. The van der Waals surface area contributed by atoms with Gasteiger partial charge in [-0.2, -0.15) is 5.10 Å². The maximum absolute atomic E-state index is 5.06.